The third kappa shape index (κ3) is 5.07. The van der Waals surface area contributed by atoms with Crippen LogP contribution in [-0.4, -0.2) is 23.6 Å². The largest absolute Gasteiger partial charge is 0.313 e. The van der Waals surface area contributed by atoms with Gasteiger partial charge in [-0.05, 0) is 51.3 Å². The normalized spacial score (nSPS) is 22.9. The van der Waals surface area contributed by atoms with Crippen LogP contribution in [0.3, 0.4) is 0 Å². The summed E-state index contributed by atoms with van der Waals surface area (Å²) in [5.74, 6) is 1.36. The molecule has 0 saturated carbocycles. The number of allylic oxidation sites excluding steroid dienone is 1. The van der Waals surface area contributed by atoms with Gasteiger partial charge in [0.2, 0.25) is 0 Å². The van der Waals surface area contributed by atoms with Crippen LogP contribution in [-0.2, 0) is 0 Å². The van der Waals surface area contributed by atoms with Crippen LogP contribution in [0.2, 0.25) is 0 Å². The van der Waals surface area contributed by atoms with Gasteiger partial charge in [0.05, 0.1) is 0 Å². The minimum atomic E-state index is 0.717. The average molecular weight is 227 g/mol. The van der Waals surface area contributed by atoms with Crippen LogP contribution in [0, 0.1) is 0 Å². The molecule has 1 fully saturated rings. The van der Waals surface area contributed by atoms with Gasteiger partial charge in [0.15, 0.2) is 0 Å². The molecule has 0 amide bonds. The van der Waals surface area contributed by atoms with E-state index in [0.29, 0.717) is 6.04 Å². The minimum absolute atomic E-state index is 0.717. The first-order valence-corrected chi connectivity index (χ1v) is 7.28. The van der Waals surface area contributed by atoms with Gasteiger partial charge in [-0.3, -0.25) is 0 Å². The topological polar surface area (TPSA) is 12.0 Å². The van der Waals surface area contributed by atoms with Crippen molar-refractivity contribution in [1.29, 1.82) is 0 Å². The minimum Gasteiger partial charge on any atom is -0.313 e. The van der Waals surface area contributed by atoms with Crippen LogP contribution in [0.5, 0.6) is 0 Å². The van der Waals surface area contributed by atoms with Crippen molar-refractivity contribution in [1.82, 2.24) is 5.32 Å². The molecule has 2 heteroatoms. The zero-order valence-electron chi connectivity index (χ0n) is 10.2. The lowest BCUT2D eigenvalue weighted by Crippen LogP contribution is -2.37. The summed E-state index contributed by atoms with van der Waals surface area (Å²) in [4.78, 5) is 0. The lowest BCUT2D eigenvalue weighted by molar-refractivity contribution is 0.457. The van der Waals surface area contributed by atoms with Gasteiger partial charge in [-0.25, -0.2) is 0 Å². The fourth-order valence-electron chi connectivity index (χ4n) is 2.07. The van der Waals surface area contributed by atoms with Crippen LogP contribution < -0.4 is 5.32 Å². The molecule has 1 aliphatic heterocycles. The lowest BCUT2D eigenvalue weighted by atomic mass is 10.0. The molecule has 0 bridgehead atoms. The summed E-state index contributed by atoms with van der Waals surface area (Å²) in [6.07, 6.45) is 6.50. The molecule has 0 aliphatic carbocycles. The summed E-state index contributed by atoms with van der Waals surface area (Å²) in [7, 11) is 0. The van der Waals surface area contributed by atoms with Crippen LogP contribution in [0.1, 0.15) is 46.0 Å². The average Bonchev–Trinajstić information content (AvgIpc) is 2.71. The van der Waals surface area contributed by atoms with E-state index in [2.05, 4.69) is 37.5 Å². The first-order chi connectivity index (χ1) is 7.24. The summed E-state index contributed by atoms with van der Waals surface area (Å²) in [6, 6.07) is 0.717. The summed E-state index contributed by atoms with van der Waals surface area (Å²) >= 11 is 2.16. The van der Waals surface area contributed by atoms with E-state index in [1.165, 1.54) is 43.4 Å². The van der Waals surface area contributed by atoms with Crippen molar-refractivity contribution >= 4 is 11.8 Å². The SMILES string of the molecule is C=C(C)CCC(NCCC)C1CCCS1. The van der Waals surface area contributed by atoms with Crippen molar-refractivity contribution in [3.05, 3.63) is 12.2 Å². The van der Waals surface area contributed by atoms with Gasteiger partial charge in [-0.2, -0.15) is 11.8 Å². The lowest BCUT2D eigenvalue weighted by Gasteiger charge is -2.24. The zero-order chi connectivity index (χ0) is 11.1. The third-order valence-electron chi connectivity index (χ3n) is 2.95. The van der Waals surface area contributed by atoms with Gasteiger partial charge in [0, 0.05) is 11.3 Å². The fourth-order valence-corrected chi connectivity index (χ4v) is 3.50. The van der Waals surface area contributed by atoms with E-state index in [9.17, 15) is 0 Å². The maximum absolute atomic E-state index is 4.00. The van der Waals surface area contributed by atoms with Gasteiger partial charge in [-0.1, -0.05) is 12.5 Å². The van der Waals surface area contributed by atoms with Gasteiger partial charge in [-0.15, -0.1) is 6.58 Å². The van der Waals surface area contributed by atoms with Gasteiger partial charge < -0.3 is 5.32 Å². The molecule has 2 unspecified atom stereocenters. The molecule has 0 spiro atoms. The van der Waals surface area contributed by atoms with E-state index in [0.717, 1.165) is 11.8 Å². The fraction of sp³-hybridized carbons (Fsp3) is 0.846. The van der Waals surface area contributed by atoms with E-state index < -0.39 is 0 Å². The Morgan fingerprint density at radius 3 is 2.93 bits per heavy atom. The number of thioether (sulfide) groups is 1. The van der Waals surface area contributed by atoms with E-state index in [1.54, 1.807) is 0 Å². The number of rotatable bonds is 7. The molecule has 1 nitrogen and oxygen atoms in total. The van der Waals surface area contributed by atoms with Gasteiger partial charge in [0.25, 0.3) is 0 Å². The summed E-state index contributed by atoms with van der Waals surface area (Å²) in [5.41, 5.74) is 1.32. The summed E-state index contributed by atoms with van der Waals surface area (Å²) in [6.45, 7) is 9.54. The molecule has 1 aliphatic rings. The van der Waals surface area contributed by atoms with Crippen LogP contribution in [0.25, 0.3) is 0 Å². The first kappa shape index (κ1) is 13.1. The van der Waals surface area contributed by atoms with Crippen molar-refractivity contribution in [3.63, 3.8) is 0 Å². The second-order valence-electron chi connectivity index (χ2n) is 4.61. The summed E-state index contributed by atoms with van der Waals surface area (Å²) < 4.78 is 0. The molecule has 0 aromatic heterocycles. The highest BCUT2D eigenvalue weighted by atomic mass is 32.2. The van der Waals surface area contributed by atoms with Crippen LogP contribution in [0.4, 0.5) is 0 Å². The molecule has 1 N–H and O–H groups in total. The third-order valence-corrected chi connectivity index (χ3v) is 4.47. The molecule has 88 valence electrons. The molecule has 0 aromatic rings. The Morgan fingerprint density at radius 1 is 1.60 bits per heavy atom. The maximum atomic E-state index is 4.00. The molecular weight excluding hydrogens is 202 g/mol. The Kier molecular flexibility index (Phi) is 6.42. The highest BCUT2D eigenvalue weighted by Crippen LogP contribution is 2.30. The van der Waals surface area contributed by atoms with E-state index >= 15 is 0 Å². The smallest absolute Gasteiger partial charge is 0.0201 e. The first-order valence-electron chi connectivity index (χ1n) is 6.23. The van der Waals surface area contributed by atoms with Crippen molar-refractivity contribution < 1.29 is 0 Å². The maximum Gasteiger partial charge on any atom is 0.0201 e. The Hall–Kier alpha value is 0.0500. The standard InChI is InChI=1S/C13H25NS/c1-4-9-14-12(8-7-11(2)3)13-6-5-10-15-13/h12-14H,2,4-10H2,1,3H3. The number of hydrogen-bond acceptors (Lipinski definition) is 2. The van der Waals surface area contributed by atoms with Gasteiger partial charge in [0.1, 0.15) is 0 Å². The molecule has 2 atom stereocenters. The predicted octanol–water partition coefficient (Wildman–Crippen LogP) is 3.61. The van der Waals surface area contributed by atoms with Crippen molar-refractivity contribution in [3.8, 4) is 0 Å². The molecule has 0 aromatic carbocycles. The molecule has 15 heavy (non-hydrogen) atoms. The van der Waals surface area contributed by atoms with E-state index in [1.807, 2.05) is 0 Å². The number of nitrogens with one attached hydrogen (secondary N) is 1. The van der Waals surface area contributed by atoms with Crippen LogP contribution in [0.15, 0.2) is 12.2 Å². The molecular formula is C13H25NS. The van der Waals surface area contributed by atoms with Crippen LogP contribution >= 0.6 is 11.8 Å². The quantitative estimate of drug-likeness (QED) is 0.667. The van der Waals surface area contributed by atoms with Gasteiger partial charge >= 0.3 is 0 Å². The summed E-state index contributed by atoms with van der Waals surface area (Å²) in [5, 5.41) is 4.56. The highest BCUT2D eigenvalue weighted by molar-refractivity contribution is 8.00. The Labute approximate surface area is 99.1 Å². The second kappa shape index (κ2) is 7.34. The van der Waals surface area contributed by atoms with Crippen molar-refractivity contribution in [2.75, 3.05) is 12.3 Å². The number of hydrogen-bond donors (Lipinski definition) is 1. The Morgan fingerprint density at radius 2 is 2.40 bits per heavy atom. The molecule has 0 radical (unpaired) electrons. The monoisotopic (exact) mass is 227 g/mol. The van der Waals surface area contributed by atoms with E-state index in [-0.39, 0.29) is 0 Å². The molecule has 1 rings (SSSR count). The van der Waals surface area contributed by atoms with Crippen molar-refractivity contribution in [2.24, 2.45) is 0 Å². The Bertz CT molecular complexity index is 185. The molecule has 1 heterocycles. The Balaban J connectivity index is 2.33. The van der Waals surface area contributed by atoms with E-state index in [4.69, 9.17) is 0 Å². The van der Waals surface area contributed by atoms with Crippen molar-refractivity contribution in [2.45, 2.75) is 57.2 Å². The highest BCUT2D eigenvalue weighted by Gasteiger charge is 2.24. The predicted molar refractivity (Wildman–Crippen MR) is 71.6 cm³/mol. The second-order valence-corrected chi connectivity index (χ2v) is 5.95. The zero-order valence-corrected chi connectivity index (χ0v) is 11.0. The molecule has 1 saturated heterocycles.